The maximum atomic E-state index is 12.5. The standard InChI is InChI=1S/C11H13ClF2N2O2S2/c1-20(18)6-5-15-11(17)16-8-4-2-3-7(12)9(8)19-10(13)14/h2-4,10H,5-6H2,1H3,(H2,15,16,17)/t20-/m1/s1. The molecule has 1 aromatic rings. The number of anilines is 1. The van der Waals surface area contributed by atoms with E-state index in [2.05, 4.69) is 10.6 Å². The second kappa shape index (κ2) is 8.43. The average molecular weight is 343 g/mol. The van der Waals surface area contributed by atoms with Crippen molar-refractivity contribution in [2.75, 3.05) is 23.9 Å². The summed E-state index contributed by atoms with van der Waals surface area (Å²) < 4.78 is 35.7. The molecule has 0 saturated heterocycles. The first-order valence-corrected chi connectivity index (χ1v) is 8.47. The Bertz CT molecular complexity index is 503. The SMILES string of the molecule is C[S@@](=O)CCNC(=O)Nc1cccc(Cl)c1SC(F)F. The molecule has 0 spiro atoms. The molecule has 0 unspecified atom stereocenters. The third-order valence-electron chi connectivity index (χ3n) is 2.10. The van der Waals surface area contributed by atoms with Gasteiger partial charge in [-0.05, 0) is 12.1 Å². The quantitative estimate of drug-likeness (QED) is 0.781. The fourth-order valence-corrected chi connectivity index (χ4v) is 2.59. The molecule has 4 nitrogen and oxygen atoms in total. The van der Waals surface area contributed by atoms with Crippen molar-refractivity contribution in [3.63, 3.8) is 0 Å². The van der Waals surface area contributed by atoms with Gasteiger partial charge in [-0.1, -0.05) is 29.4 Å². The van der Waals surface area contributed by atoms with Crippen LogP contribution < -0.4 is 10.6 Å². The zero-order valence-corrected chi connectivity index (χ0v) is 12.9. The summed E-state index contributed by atoms with van der Waals surface area (Å²) in [5, 5.41) is 5.06. The Hall–Kier alpha value is -0.860. The van der Waals surface area contributed by atoms with E-state index < -0.39 is 22.6 Å². The molecule has 0 aliphatic carbocycles. The van der Waals surface area contributed by atoms with Gasteiger partial charge >= 0.3 is 6.03 Å². The van der Waals surface area contributed by atoms with E-state index in [0.29, 0.717) is 5.75 Å². The van der Waals surface area contributed by atoms with E-state index in [1.807, 2.05) is 0 Å². The van der Waals surface area contributed by atoms with E-state index >= 15 is 0 Å². The van der Waals surface area contributed by atoms with Gasteiger partial charge in [0.15, 0.2) is 0 Å². The Kier molecular flexibility index (Phi) is 7.25. The van der Waals surface area contributed by atoms with Crippen LogP contribution in [0.5, 0.6) is 0 Å². The Morgan fingerprint density at radius 1 is 1.50 bits per heavy atom. The summed E-state index contributed by atoms with van der Waals surface area (Å²) in [5.41, 5.74) is 0.206. The van der Waals surface area contributed by atoms with Crippen LogP contribution in [0.25, 0.3) is 0 Å². The monoisotopic (exact) mass is 342 g/mol. The third kappa shape index (κ3) is 6.06. The highest BCUT2D eigenvalue weighted by atomic mass is 35.5. The lowest BCUT2D eigenvalue weighted by atomic mass is 10.3. The van der Waals surface area contributed by atoms with Crippen molar-refractivity contribution in [3.8, 4) is 0 Å². The van der Waals surface area contributed by atoms with Crippen LogP contribution in [0, 0.1) is 0 Å². The highest BCUT2D eigenvalue weighted by Gasteiger charge is 2.15. The summed E-state index contributed by atoms with van der Waals surface area (Å²) in [7, 11) is -1.01. The molecule has 0 radical (unpaired) electrons. The largest absolute Gasteiger partial charge is 0.337 e. The Morgan fingerprint density at radius 2 is 2.20 bits per heavy atom. The Labute approximate surface area is 127 Å². The number of benzene rings is 1. The van der Waals surface area contributed by atoms with Crippen molar-refractivity contribution < 1.29 is 17.8 Å². The van der Waals surface area contributed by atoms with Crippen molar-refractivity contribution in [1.82, 2.24) is 5.32 Å². The molecule has 112 valence electrons. The Morgan fingerprint density at radius 3 is 2.80 bits per heavy atom. The van der Waals surface area contributed by atoms with Gasteiger partial charge in [-0.25, -0.2) is 4.79 Å². The smallest absolute Gasteiger partial charge is 0.319 e. The van der Waals surface area contributed by atoms with Crippen molar-refractivity contribution in [2.24, 2.45) is 0 Å². The number of carbonyl (C=O) groups is 1. The molecule has 0 saturated carbocycles. The number of urea groups is 1. The molecule has 0 aliphatic rings. The number of hydrogen-bond acceptors (Lipinski definition) is 3. The highest BCUT2D eigenvalue weighted by Crippen LogP contribution is 2.37. The average Bonchev–Trinajstić information content (AvgIpc) is 2.32. The van der Waals surface area contributed by atoms with Gasteiger partial charge in [-0.15, -0.1) is 0 Å². The number of alkyl halides is 2. The molecule has 0 aliphatic heterocycles. The minimum atomic E-state index is -2.64. The lowest BCUT2D eigenvalue weighted by Crippen LogP contribution is -2.31. The summed E-state index contributed by atoms with van der Waals surface area (Å²) >= 11 is 6.10. The first-order chi connectivity index (χ1) is 9.40. The third-order valence-corrected chi connectivity index (χ3v) is 4.16. The van der Waals surface area contributed by atoms with Gasteiger partial charge in [0.05, 0.1) is 15.6 Å². The summed E-state index contributed by atoms with van der Waals surface area (Å²) in [6.45, 7) is 0.229. The first kappa shape index (κ1) is 17.2. The summed E-state index contributed by atoms with van der Waals surface area (Å²) in [4.78, 5) is 11.7. The molecule has 0 aromatic heterocycles. The van der Waals surface area contributed by atoms with Crippen molar-refractivity contribution in [1.29, 1.82) is 0 Å². The normalized spacial score (nSPS) is 12.2. The van der Waals surface area contributed by atoms with Crippen LogP contribution in [0.1, 0.15) is 0 Å². The van der Waals surface area contributed by atoms with Crippen LogP contribution in [-0.2, 0) is 10.8 Å². The van der Waals surface area contributed by atoms with Crippen molar-refractivity contribution in [2.45, 2.75) is 10.7 Å². The minimum Gasteiger partial charge on any atom is -0.337 e. The van der Waals surface area contributed by atoms with E-state index in [0.717, 1.165) is 0 Å². The molecular formula is C11H13ClF2N2O2S2. The van der Waals surface area contributed by atoms with Crippen LogP contribution in [-0.4, -0.2) is 34.6 Å². The van der Waals surface area contributed by atoms with Crippen LogP contribution in [0.3, 0.4) is 0 Å². The number of amides is 2. The van der Waals surface area contributed by atoms with Crippen LogP contribution in [0.4, 0.5) is 19.3 Å². The molecule has 1 rings (SSSR count). The van der Waals surface area contributed by atoms with Gasteiger partial charge in [-0.3, -0.25) is 4.21 Å². The molecule has 20 heavy (non-hydrogen) atoms. The second-order valence-electron chi connectivity index (χ2n) is 3.65. The minimum absolute atomic E-state index is 0.110. The van der Waals surface area contributed by atoms with Gasteiger partial charge in [0, 0.05) is 29.4 Å². The molecule has 9 heteroatoms. The van der Waals surface area contributed by atoms with E-state index in [1.54, 1.807) is 6.07 Å². The topological polar surface area (TPSA) is 58.2 Å². The lowest BCUT2D eigenvalue weighted by molar-refractivity contribution is 0.251. The molecule has 2 amide bonds. The van der Waals surface area contributed by atoms with E-state index in [1.165, 1.54) is 18.4 Å². The molecule has 1 atom stereocenters. The molecule has 1 aromatic carbocycles. The zero-order valence-electron chi connectivity index (χ0n) is 10.5. The number of nitrogens with one attached hydrogen (secondary N) is 2. The van der Waals surface area contributed by atoms with Crippen LogP contribution in [0.2, 0.25) is 5.02 Å². The van der Waals surface area contributed by atoms with E-state index in [-0.39, 0.29) is 33.9 Å². The second-order valence-corrected chi connectivity index (χ2v) is 6.62. The van der Waals surface area contributed by atoms with Crippen LogP contribution in [0.15, 0.2) is 23.1 Å². The number of hydrogen-bond donors (Lipinski definition) is 2. The molecular weight excluding hydrogens is 330 g/mol. The highest BCUT2D eigenvalue weighted by molar-refractivity contribution is 7.99. The van der Waals surface area contributed by atoms with Gasteiger partial charge < -0.3 is 10.6 Å². The van der Waals surface area contributed by atoms with Gasteiger partial charge in [0.25, 0.3) is 5.76 Å². The molecule has 2 N–H and O–H groups in total. The first-order valence-electron chi connectivity index (χ1n) is 5.48. The van der Waals surface area contributed by atoms with Crippen LogP contribution >= 0.6 is 23.4 Å². The number of rotatable bonds is 6. The van der Waals surface area contributed by atoms with E-state index in [4.69, 9.17) is 11.6 Å². The number of thioether (sulfide) groups is 1. The van der Waals surface area contributed by atoms with Gasteiger partial charge in [-0.2, -0.15) is 8.78 Å². The predicted molar refractivity (Wildman–Crippen MR) is 79.3 cm³/mol. The zero-order chi connectivity index (χ0) is 15.1. The van der Waals surface area contributed by atoms with Crippen molar-refractivity contribution in [3.05, 3.63) is 23.2 Å². The molecule has 0 fully saturated rings. The fourth-order valence-electron chi connectivity index (χ4n) is 1.29. The lowest BCUT2D eigenvalue weighted by Gasteiger charge is -2.12. The summed E-state index contributed by atoms with van der Waals surface area (Å²) in [5.74, 6) is -2.32. The molecule has 0 heterocycles. The maximum Gasteiger partial charge on any atom is 0.319 e. The summed E-state index contributed by atoms with van der Waals surface area (Å²) in [6.07, 6.45) is 1.52. The summed E-state index contributed by atoms with van der Waals surface area (Å²) in [6, 6.07) is 3.94. The van der Waals surface area contributed by atoms with E-state index in [9.17, 15) is 17.8 Å². The predicted octanol–water partition coefficient (Wildman–Crippen LogP) is 3.15. The van der Waals surface area contributed by atoms with Gasteiger partial charge in [0.1, 0.15) is 0 Å². The number of halogens is 3. The number of carbonyl (C=O) groups excluding carboxylic acids is 1. The Balaban J connectivity index is 2.69. The van der Waals surface area contributed by atoms with Crippen molar-refractivity contribution >= 4 is 45.9 Å². The maximum absolute atomic E-state index is 12.5. The van der Waals surface area contributed by atoms with Gasteiger partial charge in [0.2, 0.25) is 0 Å². The molecule has 0 bridgehead atoms. The fraction of sp³-hybridized carbons (Fsp3) is 0.364.